The van der Waals surface area contributed by atoms with Gasteiger partial charge in [-0.05, 0) is 103 Å². The van der Waals surface area contributed by atoms with Crippen molar-refractivity contribution in [1.29, 1.82) is 5.26 Å². The molecule has 1 aromatic carbocycles. The Morgan fingerprint density at radius 3 is 1.80 bits per heavy atom. The van der Waals surface area contributed by atoms with Gasteiger partial charge in [-0.15, -0.1) is 6.42 Å². The van der Waals surface area contributed by atoms with E-state index in [0.29, 0.717) is 5.70 Å². The highest BCUT2D eigenvalue weighted by Crippen LogP contribution is 2.20. The Labute approximate surface area is 279 Å². The van der Waals surface area contributed by atoms with Crippen LogP contribution in [0.4, 0.5) is 0 Å². The lowest BCUT2D eigenvalue weighted by molar-refractivity contribution is 0.275. The molecule has 3 heteroatoms. The normalized spacial score (nSPS) is 12.0. The summed E-state index contributed by atoms with van der Waals surface area (Å²) < 4.78 is 0. The van der Waals surface area contributed by atoms with E-state index >= 15 is 0 Å². The van der Waals surface area contributed by atoms with E-state index in [0.717, 1.165) is 22.4 Å². The van der Waals surface area contributed by atoms with Gasteiger partial charge in [0.25, 0.3) is 0 Å². The first-order valence-electron chi connectivity index (χ1n) is 16.9. The first-order chi connectivity index (χ1) is 21.7. The minimum atomic E-state index is 0.253. The van der Waals surface area contributed by atoms with Gasteiger partial charge in [0.05, 0.1) is 5.70 Å². The van der Waals surface area contributed by atoms with E-state index in [1.54, 1.807) is 0 Å². The summed E-state index contributed by atoms with van der Waals surface area (Å²) in [4.78, 5) is 2.54. The number of terminal acetylenes is 1. The molecular weight excluding hydrogens is 546 g/mol. The second-order valence-electron chi connectivity index (χ2n) is 10.2. The van der Waals surface area contributed by atoms with E-state index in [1.807, 2.05) is 111 Å². The van der Waals surface area contributed by atoms with Gasteiger partial charge in [0, 0.05) is 5.70 Å². The zero-order valence-corrected chi connectivity index (χ0v) is 31.1. The lowest BCUT2D eigenvalue weighted by atomic mass is 10.0. The summed E-state index contributed by atoms with van der Waals surface area (Å²) in [5.41, 5.74) is 7.07. The summed E-state index contributed by atoms with van der Waals surface area (Å²) >= 11 is 0. The number of nitrogens with zero attached hydrogens (tertiary/aromatic N) is 2. The van der Waals surface area contributed by atoms with Crippen molar-refractivity contribution in [2.24, 2.45) is 0 Å². The fraction of sp³-hybridized carbons (Fsp3) is 0.452. The molecule has 0 unspecified atom stereocenters. The van der Waals surface area contributed by atoms with Crippen molar-refractivity contribution in [3.05, 3.63) is 112 Å². The predicted molar refractivity (Wildman–Crippen MR) is 205 cm³/mol. The standard InChI is InChI=1S/C29H32N2.C9H21N.2C2H6/c1-8-11-12-24(7)28(20-13-22(4)5)31-29(27(10-3)21-30)26(9-2)19-18-25-16-14-23(6)15-17-25;1-4-7-10(8-5-2)9-6-3;2*1-2/h3,8-9,11-20,31H,1-2,4-7H3;4-9H2,1-3H3;2*1-2H3/b11-8-,19-18+,24-12+,26-9-,28-20+,29-27-;;;. The maximum absolute atomic E-state index is 9.67. The van der Waals surface area contributed by atoms with Gasteiger partial charge < -0.3 is 10.2 Å². The number of allylic oxidation sites excluding steroid dienone is 10. The van der Waals surface area contributed by atoms with Crippen LogP contribution in [-0.4, -0.2) is 24.5 Å². The van der Waals surface area contributed by atoms with Crippen LogP contribution in [0.3, 0.4) is 0 Å². The average Bonchev–Trinajstić information content (AvgIpc) is 3.05. The van der Waals surface area contributed by atoms with Crippen LogP contribution in [0.15, 0.2) is 100 Å². The highest BCUT2D eigenvalue weighted by Gasteiger charge is 2.11. The van der Waals surface area contributed by atoms with Crippen LogP contribution in [0.25, 0.3) is 6.08 Å². The number of nitriles is 1. The fourth-order valence-electron chi connectivity index (χ4n) is 3.90. The molecule has 0 saturated carbocycles. The summed E-state index contributed by atoms with van der Waals surface area (Å²) in [5, 5.41) is 13.1. The second kappa shape index (κ2) is 31.6. The van der Waals surface area contributed by atoms with Gasteiger partial charge in [0.2, 0.25) is 0 Å². The zero-order chi connectivity index (χ0) is 35.0. The minimum Gasteiger partial charge on any atom is -0.353 e. The van der Waals surface area contributed by atoms with Gasteiger partial charge in [0.15, 0.2) is 0 Å². The molecule has 0 spiro atoms. The lowest BCUT2D eigenvalue weighted by Gasteiger charge is -2.19. The molecule has 0 heterocycles. The van der Waals surface area contributed by atoms with Gasteiger partial charge in [-0.25, -0.2) is 0 Å². The molecule has 0 radical (unpaired) electrons. The van der Waals surface area contributed by atoms with Crippen molar-refractivity contribution in [2.75, 3.05) is 19.6 Å². The number of rotatable bonds is 14. The molecule has 0 aliphatic carbocycles. The molecule has 0 amide bonds. The molecule has 0 fully saturated rings. The Balaban J connectivity index is -0.00000106. The lowest BCUT2D eigenvalue weighted by Crippen LogP contribution is -2.25. The minimum absolute atomic E-state index is 0.253. The Morgan fingerprint density at radius 2 is 1.40 bits per heavy atom. The molecule has 0 atom stereocenters. The largest absolute Gasteiger partial charge is 0.353 e. The molecule has 3 nitrogen and oxygen atoms in total. The fourth-order valence-corrected chi connectivity index (χ4v) is 3.90. The molecule has 1 aromatic rings. The number of nitrogens with one attached hydrogen (secondary N) is 1. The van der Waals surface area contributed by atoms with E-state index in [2.05, 4.69) is 74.2 Å². The zero-order valence-electron chi connectivity index (χ0n) is 31.1. The number of aryl methyl sites for hydroxylation is 1. The van der Waals surface area contributed by atoms with E-state index in [4.69, 9.17) is 6.42 Å². The summed E-state index contributed by atoms with van der Waals surface area (Å²) in [6.45, 7) is 30.7. The molecule has 248 valence electrons. The number of hydrogen-bond acceptors (Lipinski definition) is 3. The van der Waals surface area contributed by atoms with Crippen molar-refractivity contribution in [3.63, 3.8) is 0 Å². The van der Waals surface area contributed by atoms with Crippen molar-refractivity contribution in [2.45, 2.75) is 109 Å². The highest BCUT2D eigenvalue weighted by atomic mass is 15.1. The third-order valence-electron chi connectivity index (χ3n) is 6.06. The second-order valence-corrected chi connectivity index (χ2v) is 10.2. The first kappa shape index (κ1) is 45.6. The first-order valence-corrected chi connectivity index (χ1v) is 16.9. The SMILES string of the molecule is C#C\C(C#N)=C(NC(=C/C=C(C)C)/C(C)=C/C=C\C)/C(=C\C)/C=C/c1ccc(C)cc1.CC.CC.CCCN(CCC)CCC. The van der Waals surface area contributed by atoms with Crippen LogP contribution in [0, 0.1) is 30.6 Å². The maximum Gasteiger partial charge on any atom is 0.126 e. The van der Waals surface area contributed by atoms with Crippen LogP contribution >= 0.6 is 0 Å². The average molecular weight is 612 g/mol. The molecule has 1 rings (SSSR count). The summed E-state index contributed by atoms with van der Waals surface area (Å²) in [6.07, 6.45) is 25.5. The van der Waals surface area contributed by atoms with Gasteiger partial charge in [0.1, 0.15) is 11.6 Å². The van der Waals surface area contributed by atoms with Crippen molar-refractivity contribution in [1.82, 2.24) is 10.2 Å². The van der Waals surface area contributed by atoms with Crippen LogP contribution in [0.5, 0.6) is 0 Å². The summed E-state index contributed by atoms with van der Waals surface area (Å²) in [5.74, 6) is 2.53. The van der Waals surface area contributed by atoms with Gasteiger partial charge in [-0.2, -0.15) is 5.26 Å². The van der Waals surface area contributed by atoms with Crippen LogP contribution in [0.2, 0.25) is 0 Å². The Hall–Kier alpha value is -3.79. The maximum atomic E-state index is 9.67. The molecule has 0 bridgehead atoms. The van der Waals surface area contributed by atoms with Gasteiger partial charge >= 0.3 is 0 Å². The van der Waals surface area contributed by atoms with E-state index < -0.39 is 0 Å². The smallest absolute Gasteiger partial charge is 0.126 e. The highest BCUT2D eigenvalue weighted by molar-refractivity contribution is 5.61. The monoisotopic (exact) mass is 612 g/mol. The van der Waals surface area contributed by atoms with Gasteiger partial charge in [-0.3, -0.25) is 0 Å². The van der Waals surface area contributed by atoms with Crippen LogP contribution in [-0.2, 0) is 0 Å². The van der Waals surface area contributed by atoms with E-state index in [1.165, 1.54) is 50.0 Å². The quantitative estimate of drug-likeness (QED) is 0.129. The van der Waals surface area contributed by atoms with E-state index in [9.17, 15) is 5.26 Å². The molecule has 1 N–H and O–H groups in total. The molecule has 45 heavy (non-hydrogen) atoms. The van der Waals surface area contributed by atoms with E-state index in [-0.39, 0.29) is 5.57 Å². The van der Waals surface area contributed by atoms with Crippen LogP contribution in [0.1, 0.15) is 113 Å². The van der Waals surface area contributed by atoms with Crippen molar-refractivity contribution >= 4 is 6.08 Å². The third-order valence-corrected chi connectivity index (χ3v) is 6.06. The van der Waals surface area contributed by atoms with Gasteiger partial charge in [-0.1, -0.05) is 132 Å². The molecular formula is C42H65N3. The molecule has 0 aliphatic rings. The van der Waals surface area contributed by atoms with Crippen molar-refractivity contribution in [3.8, 4) is 18.4 Å². The number of hydrogen-bond donors (Lipinski definition) is 1. The summed E-state index contributed by atoms with van der Waals surface area (Å²) in [6, 6.07) is 10.4. The topological polar surface area (TPSA) is 39.1 Å². The predicted octanol–water partition coefficient (Wildman–Crippen LogP) is 11.9. The van der Waals surface area contributed by atoms with Crippen molar-refractivity contribution < 1.29 is 0 Å². The Morgan fingerprint density at radius 1 is 0.867 bits per heavy atom. The molecule has 0 aromatic heterocycles. The Kier molecular flexibility index (Phi) is 32.1. The number of benzene rings is 1. The summed E-state index contributed by atoms with van der Waals surface area (Å²) in [7, 11) is 0. The molecule has 0 aliphatic heterocycles. The Bertz CT molecular complexity index is 1170. The third kappa shape index (κ3) is 22.4. The molecule has 0 saturated heterocycles. The van der Waals surface area contributed by atoms with Crippen LogP contribution < -0.4 is 5.32 Å².